The molecule has 5 heteroatoms. The van der Waals surface area contributed by atoms with Gasteiger partial charge in [-0.25, -0.2) is 4.98 Å². The average Bonchev–Trinajstić information content (AvgIpc) is 3.40. The lowest BCUT2D eigenvalue weighted by atomic mass is 9.76. The summed E-state index contributed by atoms with van der Waals surface area (Å²) < 4.78 is 5.96. The number of amides is 1. The molecule has 3 heterocycles. The van der Waals surface area contributed by atoms with Crippen LogP contribution in [-0.4, -0.2) is 66.6 Å². The number of aromatic nitrogens is 1. The van der Waals surface area contributed by atoms with E-state index in [9.17, 15) is 4.79 Å². The normalized spacial score (nSPS) is 25.8. The van der Waals surface area contributed by atoms with Crippen molar-refractivity contribution in [3.8, 4) is 0 Å². The zero-order valence-corrected chi connectivity index (χ0v) is 16.1. The third kappa shape index (κ3) is 3.94. The lowest BCUT2D eigenvalue weighted by molar-refractivity contribution is 0.0582. The summed E-state index contributed by atoms with van der Waals surface area (Å²) in [6.07, 6.45) is 6.09. The van der Waals surface area contributed by atoms with E-state index in [0.29, 0.717) is 17.2 Å². The molecular formula is C21H31N3O2. The summed E-state index contributed by atoms with van der Waals surface area (Å²) in [6, 6.07) is 6.21. The number of likely N-dealkylation sites (N-methyl/N-ethyl adjacent to an activating group) is 1. The Labute approximate surface area is 156 Å². The topological polar surface area (TPSA) is 45.7 Å². The average molecular weight is 357 g/mol. The highest BCUT2D eigenvalue weighted by Gasteiger charge is 2.45. The number of ether oxygens (including phenoxy) is 1. The molecule has 1 aromatic heterocycles. The molecule has 1 atom stereocenters. The van der Waals surface area contributed by atoms with Gasteiger partial charge in [0, 0.05) is 38.0 Å². The fourth-order valence-corrected chi connectivity index (χ4v) is 4.59. The van der Waals surface area contributed by atoms with Crippen LogP contribution in [-0.2, 0) is 4.74 Å². The van der Waals surface area contributed by atoms with E-state index in [1.54, 1.807) is 0 Å². The van der Waals surface area contributed by atoms with Gasteiger partial charge in [0.05, 0.1) is 6.61 Å². The predicted octanol–water partition coefficient (Wildman–Crippen LogP) is 2.74. The van der Waals surface area contributed by atoms with E-state index in [1.165, 1.54) is 19.3 Å². The van der Waals surface area contributed by atoms with Gasteiger partial charge in [-0.05, 0) is 69.5 Å². The van der Waals surface area contributed by atoms with E-state index in [-0.39, 0.29) is 5.91 Å². The number of pyridine rings is 1. The van der Waals surface area contributed by atoms with Crippen molar-refractivity contribution in [2.45, 2.75) is 45.1 Å². The Morgan fingerprint density at radius 3 is 2.73 bits per heavy atom. The summed E-state index contributed by atoms with van der Waals surface area (Å²) in [4.78, 5) is 21.6. The molecule has 2 saturated heterocycles. The molecule has 1 aromatic rings. The summed E-state index contributed by atoms with van der Waals surface area (Å²) in [6.45, 7) is 6.57. The minimum absolute atomic E-state index is 0.0826. The molecule has 0 bridgehead atoms. The van der Waals surface area contributed by atoms with E-state index < -0.39 is 0 Å². The van der Waals surface area contributed by atoms with Crippen molar-refractivity contribution in [1.29, 1.82) is 0 Å². The van der Waals surface area contributed by atoms with E-state index in [0.717, 1.165) is 57.3 Å². The van der Waals surface area contributed by atoms with Crippen molar-refractivity contribution in [3.63, 3.8) is 0 Å². The van der Waals surface area contributed by atoms with Crippen LogP contribution >= 0.6 is 0 Å². The first kappa shape index (κ1) is 17.9. The van der Waals surface area contributed by atoms with Crippen molar-refractivity contribution >= 4 is 5.91 Å². The van der Waals surface area contributed by atoms with Crippen LogP contribution in [0.4, 0.5) is 0 Å². The first-order chi connectivity index (χ1) is 12.5. The van der Waals surface area contributed by atoms with Crippen LogP contribution in [0.2, 0.25) is 0 Å². The Hall–Kier alpha value is -1.46. The van der Waals surface area contributed by atoms with Crippen molar-refractivity contribution in [2.75, 3.05) is 39.9 Å². The number of carbonyl (C=O) groups is 1. The number of likely N-dealkylation sites (tertiary alicyclic amines) is 2. The number of aryl methyl sites for hydroxylation is 1. The van der Waals surface area contributed by atoms with Crippen LogP contribution in [0, 0.1) is 18.3 Å². The van der Waals surface area contributed by atoms with Crippen molar-refractivity contribution < 1.29 is 9.53 Å². The Balaban J connectivity index is 1.30. The fourth-order valence-electron chi connectivity index (χ4n) is 4.59. The van der Waals surface area contributed by atoms with E-state index >= 15 is 0 Å². The minimum atomic E-state index is 0.0826. The second-order valence-corrected chi connectivity index (χ2v) is 8.71. The van der Waals surface area contributed by atoms with Gasteiger partial charge in [0.15, 0.2) is 0 Å². The first-order valence-electron chi connectivity index (χ1n) is 10.1. The number of hydrogen-bond donors (Lipinski definition) is 0. The number of piperidine rings is 1. The van der Waals surface area contributed by atoms with Gasteiger partial charge in [-0.15, -0.1) is 0 Å². The Morgan fingerprint density at radius 1 is 1.27 bits per heavy atom. The van der Waals surface area contributed by atoms with Gasteiger partial charge in [-0.3, -0.25) is 4.79 Å². The molecule has 1 spiro atoms. The SMILES string of the molecule is Cc1cccc(C(=O)N2CCC3(CC2)C[C@H](COCC2CC2)N(C)C3)n1. The van der Waals surface area contributed by atoms with Gasteiger partial charge in [-0.2, -0.15) is 0 Å². The Kier molecular flexibility index (Phi) is 5.02. The van der Waals surface area contributed by atoms with E-state index in [4.69, 9.17) is 4.74 Å². The van der Waals surface area contributed by atoms with Gasteiger partial charge >= 0.3 is 0 Å². The Morgan fingerprint density at radius 2 is 2.04 bits per heavy atom. The van der Waals surface area contributed by atoms with E-state index in [2.05, 4.69) is 16.9 Å². The molecule has 2 aliphatic heterocycles. The van der Waals surface area contributed by atoms with Gasteiger partial charge in [0.2, 0.25) is 0 Å². The van der Waals surface area contributed by atoms with Crippen LogP contribution in [0.1, 0.15) is 48.3 Å². The quantitative estimate of drug-likeness (QED) is 0.813. The summed E-state index contributed by atoms with van der Waals surface area (Å²) in [5, 5.41) is 0. The molecule has 3 fully saturated rings. The summed E-state index contributed by atoms with van der Waals surface area (Å²) >= 11 is 0. The van der Waals surface area contributed by atoms with Crippen LogP contribution in [0.5, 0.6) is 0 Å². The highest BCUT2D eigenvalue weighted by molar-refractivity contribution is 5.92. The Bertz CT molecular complexity index is 650. The molecule has 3 aliphatic rings. The summed E-state index contributed by atoms with van der Waals surface area (Å²) in [5.41, 5.74) is 1.84. The predicted molar refractivity (Wildman–Crippen MR) is 101 cm³/mol. The highest BCUT2D eigenvalue weighted by atomic mass is 16.5. The molecule has 0 aromatic carbocycles. The fraction of sp³-hybridized carbons (Fsp3) is 0.714. The third-order valence-electron chi connectivity index (χ3n) is 6.46. The lowest BCUT2D eigenvalue weighted by Crippen LogP contribution is -2.44. The summed E-state index contributed by atoms with van der Waals surface area (Å²) in [7, 11) is 2.23. The molecule has 5 nitrogen and oxygen atoms in total. The summed E-state index contributed by atoms with van der Waals surface area (Å²) in [5.74, 6) is 0.916. The number of hydrogen-bond acceptors (Lipinski definition) is 4. The maximum absolute atomic E-state index is 12.7. The standard InChI is InChI=1S/C21H31N3O2/c1-16-4-3-5-19(22-16)20(25)24-10-8-21(9-11-24)12-18(23(2)15-21)14-26-13-17-6-7-17/h3-5,17-18H,6-15H2,1-2H3/t18-/m1/s1. The molecular weight excluding hydrogens is 326 g/mol. The second-order valence-electron chi connectivity index (χ2n) is 8.71. The number of rotatable bonds is 5. The maximum Gasteiger partial charge on any atom is 0.272 e. The maximum atomic E-state index is 12.7. The van der Waals surface area contributed by atoms with Gasteiger partial charge < -0.3 is 14.5 Å². The molecule has 26 heavy (non-hydrogen) atoms. The monoisotopic (exact) mass is 357 g/mol. The molecule has 0 radical (unpaired) electrons. The molecule has 1 aliphatic carbocycles. The minimum Gasteiger partial charge on any atom is -0.380 e. The molecule has 4 rings (SSSR count). The zero-order valence-electron chi connectivity index (χ0n) is 16.1. The molecule has 142 valence electrons. The van der Waals surface area contributed by atoms with Crippen LogP contribution < -0.4 is 0 Å². The molecule has 1 saturated carbocycles. The second kappa shape index (κ2) is 7.28. The number of nitrogens with zero attached hydrogens (tertiary/aromatic N) is 3. The zero-order chi connectivity index (χ0) is 18.1. The first-order valence-corrected chi connectivity index (χ1v) is 10.1. The molecule has 0 N–H and O–H groups in total. The van der Waals surface area contributed by atoms with E-state index in [1.807, 2.05) is 30.0 Å². The highest BCUT2D eigenvalue weighted by Crippen LogP contribution is 2.43. The van der Waals surface area contributed by atoms with Crippen molar-refractivity contribution in [1.82, 2.24) is 14.8 Å². The van der Waals surface area contributed by atoms with Crippen LogP contribution in [0.25, 0.3) is 0 Å². The van der Waals surface area contributed by atoms with Gasteiger partial charge in [0.1, 0.15) is 5.69 Å². The van der Waals surface area contributed by atoms with Crippen molar-refractivity contribution in [2.24, 2.45) is 11.3 Å². The lowest BCUT2D eigenvalue weighted by Gasteiger charge is -2.39. The van der Waals surface area contributed by atoms with Gasteiger partial charge in [0.25, 0.3) is 5.91 Å². The van der Waals surface area contributed by atoms with Crippen LogP contribution in [0.15, 0.2) is 18.2 Å². The molecule has 1 amide bonds. The van der Waals surface area contributed by atoms with Crippen molar-refractivity contribution in [3.05, 3.63) is 29.6 Å². The smallest absolute Gasteiger partial charge is 0.272 e. The van der Waals surface area contributed by atoms with Gasteiger partial charge in [-0.1, -0.05) is 6.07 Å². The number of carbonyl (C=O) groups excluding carboxylic acids is 1. The van der Waals surface area contributed by atoms with Crippen LogP contribution in [0.3, 0.4) is 0 Å². The third-order valence-corrected chi connectivity index (χ3v) is 6.46. The molecule has 0 unspecified atom stereocenters. The largest absolute Gasteiger partial charge is 0.380 e.